The van der Waals surface area contributed by atoms with Gasteiger partial charge in [0.2, 0.25) is 0 Å². The summed E-state index contributed by atoms with van der Waals surface area (Å²) < 4.78 is 0. The molecule has 0 aromatic carbocycles. The van der Waals surface area contributed by atoms with Crippen LogP contribution in [0.4, 0.5) is 0 Å². The van der Waals surface area contributed by atoms with Crippen LogP contribution in [0, 0.1) is 11.3 Å². The van der Waals surface area contributed by atoms with E-state index in [-0.39, 0.29) is 11.3 Å². The second-order valence-corrected chi connectivity index (χ2v) is 5.20. The van der Waals surface area contributed by atoms with Gasteiger partial charge >= 0.3 is 0 Å². The quantitative estimate of drug-likeness (QED) is 0.673. The van der Waals surface area contributed by atoms with Gasteiger partial charge in [-0.15, -0.1) is 0 Å². The number of hydrogen-bond donors (Lipinski definition) is 1. The Bertz CT molecular complexity index is 185. The fraction of sp³-hybridized carbons (Fsp3) is 0.909. The van der Waals surface area contributed by atoms with Crippen molar-refractivity contribution in [1.29, 1.82) is 0 Å². The van der Waals surface area contributed by atoms with E-state index < -0.39 is 0 Å². The number of hydrogen-bond acceptors (Lipinski definition) is 2. The Morgan fingerprint density at radius 2 is 1.92 bits per heavy atom. The lowest BCUT2D eigenvalue weighted by atomic mass is 9.79. The molecule has 1 aliphatic rings. The number of nitrogens with one attached hydrogen (secondary N) is 1. The number of piperidine rings is 1. The van der Waals surface area contributed by atoms with Crippen molar-refractivity contribution >= 4 is 5.78 Å². The van der Waals surface area contributed by atoms with E-state index >= 15 is 0 Å². The highest BCUT2D eigenvalue weighted by Gasteiger charge is 2.31. The monoisotopic (exact) mass is 183 g/mol. The number of rotatable bonds is 1. The fourth-order valence-corrected chi connectivity index (χ4v) is 1.83. The van der Waals surface area contributed by atoms with E-state index in [1.165, 1.54) is 0 Å². The summed E-state index contributed by atoms with van der Waals surface area (Å²) in [5, 5.41) is 3.36. The van der Waals surface area contributed by atoms with E-state index in [0.29, 0.717) is 11.8 Å². The molecule has 0 aliphatic carbocycles. The molecule has 1 saturated heterocycles. The van der Waals surface area contributed by atoms with Crippen molar-refractivity contribution < 1.29 is 4.79 Å². The zero-order valence-corrected chi connectivity index (χ0v) is 9.18. The standard InChI is InChI=1S/C11H21NO/c1-8-5-6-9(7-12-8)10(13)11(2,3)4/h8-9,12H,5-7H2,1-4H3. The van der Waals surface area contributed by atoms with E-state index in [1.807, 2.05) is 20.8 Å². The van der Waals surface area contributed by atoms with Crippen LogP contribution in [-0.4, -0.2) is 18.4 Å². The average Bonchev–Trinajstić information content (AvgIpc) is 2.03. The summed E-state index contributed by atoms with van der Waals surface area (Å²) in [4.78, 5) is 11.9. The summed E-state index contributed by atoms with van der Waals surface area (Å²) in [6.45, 7) is 9.07. The smallest absolute Gasteiger partial charge is 0.142 e. The summed E-state index contributed by atoms with van der Waals surface area (Å²) in [5.41, 5.74) is -0.174. The second-order valence-electron chi connectivity index (χ2n) is 5.20. The molecule has 2 heteroatoms. The van der Waals surface area contributed by atoms with E-state index in [2.05, 4.69) is 12.2 Å². The van der Waals surface area contributed by atoms with E-state index in [4.69, 9.17) is 0 Å². The first-order valence-electron chi connectivity index (χ1n) is 5.19. The van der Waals surface area contributed by atoms with Gasteiger partial charge in [0.15, 0.2) is 0 Å². The van der Waals surface area contributed by atoms with Gasteiger partial charge in [-0.1, -0.05) is 20.8 Å². The lowest BCUT2D eigenvalue weighted by molar-refractivity contribution is -0.131. The van der Waals surface area contributed by atoms with Crippen molar-refractivity contribution in [1.82, 2.24) is 5.32 Å². The van der Waals surface area contributed by atoms with Crippen molar-refractivity contribution in [2.45, 2.75) is 46.6 Å². The molecule has 0 radical (unpaired) electrons. The maximum absolute atomic E-state index is 11.9. The summed E-state index contributed by atoms with van der Waals surface area (Å²) in [6, 6.07) is 0.587. The average molecular weight is 183 g/mol. The molecule has 2 nitrogen and oxygen atoms in total. The maximum atomic E-state index is 11.9. The third kappa shape index (κ3) is 2.80. The Morgan fingerprint density at radius 1 is 1.31 bits per heavy atom. The van der Waals surface area contributed by atoms with E-state index in [9.17, 15) is 4.79 Å². The Hall–Kier alpha value is -0.370. The Balaban J connectivity index is 2.50. The molecule has 1 aliphatic heterocycles. The van der Waals surface area contributed by atoms with Crippen LogP contribution in [0.25, 0.3) is 0 Å². The zero-order chi connectivity index (χ0) is 10.1. The van der Waals surface area contributed by atoms with Crippen LogP contribution < -0.4 is 5.32 Å². The van der Waals surface area contributed by atoms with Gasteiger partial charge in [-0.05, 0) is 19.8 Å². The molecule has 0 bridgehead atoms. The highest BCUT2D eigenvalue weighted by atomic mass is 16.1. The van der Waals surface area contributed by atoms with Crippen molar-refractivity contribution in [3.05, 3.63) is 0 Å². The van der Waals surface area contributed by atoms with Crippen molar-refractivity contribution in [2.24, 2.45) is 11.3 Å². The van der Waals surface area contributed by atoms with Crippen LogP contribution in [-0.2, 0) is 4.79 Å². The molecule has 0 spiro atoms. The minimum atomic E-state index is -0.174. The first kappa shape index (κ1) is 10.7. The van der Waals surface area contributed by atoms with Crippen molar-refractivity contribution in [3.8, 4) is 0 Å². The molecule has 0 amide bonds. The minimum absolute atomic E-state index is 0.174. The Kier molecular flexibility index (Phi) is 3.12. The normalized spacial score (nSPS) is 30.2. The van der Waals surface area contributed by atoms with Crippen LogP contribution in [0.5, 0.6) is 0 Å². The SMILES string of the molecule is CC1CCC(C(=O)C(C)(C)C)CN1. The predicted octanol–water partition coefficient (Wildman–Crippen LogP) is 1.99. The molecule has 1 rings (SSSR count). The molecule has 0 saturated carbocycles. The predicted molar refractivity (Wildman–Crippen MR) is 54.7 cm³/mol. The van der Waals surface area contributed by atoms with Crippen LogP contribution >= 0.6 is 0 Å². The van der Waals surface area contributed by atoms with Gasteiger partial charge in [-0.2, -0.15) is 0 Å². The lowest BCUT2D eigenvalue weighted by Gasteiger charge is -2.30. The Morgan fingerprint density at radius 3 is 2.31 bits per heavy atom. The van der Waals surface area contributed by atoms with E-state index in [0.717, 1.165) is 19.4 Å². The van der Waals surface area contributed by atoms with Crippen LogP contribution in [0.2, 0.25) is 0 Å². The molecule has 1 N–H and O–H groups in total. The summed E-state index contributed by atoms with van der Waals surface area (Å²) in [7, 11) is 0. The molecule has 1 heterocycles. The van der Waals surface area contributed by atoms with E-state index in [1.54, 1.807) is 0 Å². The molecule has 1 fully saturated rings. The van der Waals surface area contributed by atoms with Crippen molar-refractivity contribution in [2.75, 3.05) is 6.54 Å². The van der Waals surface area contributed by atoms with Gasteiger partial charge < -0.3 is 5.32 Å². The highest BCUT2D eigenvalue weighted by molar-refractivity contribution is 5.86. The van der Waals surface area contributed by atoms with Crippen LogP contribution in [0.15, 0.2) is 0 Å². The number of carbonyl (C=O) groups is 1. The molecule has 0 aromatic rings. The zero-order valence-electron chi connectivity index (χ0n) is 9.18. The summed E-state index contributed by atoms with van der Waals surface area (Å²) in [6.07, 6.45) is 2.19. The number of carbonyl (C=O) groups excluding carboxylic acids is 1. The third-order valence-corrected chi connectivity index (χ3v) is 2.77. The number of ketones is 1. The van der Waals surface area contributed by atoms with Crippen molar-refractivity contribution in [3.63, 3.8) is 0 Å². The van der Waals surface area contributed by atoms with Gasteiger partial charge in [-0.3, -0.25) is 4.79 Å². The molecule has 0 aromatic heterocycles. The summed E-state index contributed by atoms with van der Waals surface area (Å²) in [5.74, 6) is 0.656. The third-order valence-electron chi connectivity index (χ3n) is 2.77. The van der Waals surface area contributed by atoms with Gasteiger partial charge in [-0.25, -0.2) is 0 Å². The highest BCUT2D eigenvalue weighted by Crippen LogP contribution is 2.25. The maximum Gasteiger partial charge on any atom is 0.142 e. The molecule has 2 unspecified atom stereocenters. The Labute approximate surface area is 81.1 Å². The largest absolute Gasteiger partial charge is 0.314 e. The molecule has 2 atom stereocenters. The molecular weight excluding hydrogens is 162 g/mol. The van der Waals surface area contributed by atoms with Crippen LogP contribution in [0.1, 0.15) is 40.5 Å². The first-order chi connectivity index (χ1) is 5.91. The fourth-order valence-electron chi connectivity index (χ4n) is 1.83. The first-order valence-corrected chi connectivity index (χ1v) is 5.19. The second kappa shape index (κ2) is 3.79. The van der Waals surface area contributed by atoms with Gasteiger partial charge in [0.25, 0.3) is 0 Å². The lowest BCUT2D eigenvalue weighted by Crippen LogP contribution is -2.43. The van der Waals surface area contributed by atoms with Crippen LogP contribution in [0.3, 0.4) is 0 Å². The number of Topliss-reactive ketones (excluding diaryl/α,β-unsaturated/α-hetero) is 1. The molecule has 76 valence electrons. The molecule has 13 heavy (non-hydrogen) atoms. The van der Waals surface area contributed by atoms with Gasteiger partial charge in [0, 0.05) is 23.9 Å². The topological polar surface area (TPSA) is 29.1 Å². The summed E-state index contributed by atoms with van der Waals surface area (Å²) >= 11 is 0. The van der Waals surface area contributed by atoms with Gasteiger partial charge in [0.1, 0.15) is 5.78 Å². The minimum Gasteiger partial charge on any atom is -0.314 e. The molecular formula is C11H21NO. The van der Waals surface area contributed by atoms with Gasteiger partial charge in [0.05, 0.1) is 0 Å².